The van der Waals surface area contributed by atoms with Crippen molar-refractivity contribution in [3.63, 3.8) is 0 Å². The van der Waals surface area contributed by atoms with Crippen LogP contribution in [0, 0.1) is 0 Å². The number of likely N-dealkylation sites (N-methyl/N-ethyl adjacent to an activating group) is 1. The zero-order valence-corrected chi connectivity index (χ0v) is 15.3. The number of aliphatic carboxylic acids is 1. The molecule has 1 saturated carbocycles. The largest absolute Gasteiger partial charge is 0.479 e. The van der Waals surface area contributed by atoms with E-state index < -0.39 is 17.4 Å². The minimum Gasteiger partial charge on any atom is -0.479 e. The molecule has 1 aliphatic carbocycles. The van der Waals surface area contributed by atoms with Gasteiger partial charge in [0.05, 0.1) is 6.54 Å². The van der Waals surface area contributed by atoms with Crippen LogP contribution in [0.25, 0.3) is 0 Å². The normalized spacial score (nSPS) is 15.9. The Bertz CT molecular complexity index is 886. The molecule has 0 unspecified atom stereocenters. The minimum absolute atomic E-state index is 0.0687. The molecule has 3 rings (SSSR count). The summed E-state index contributed by atoms with van der Waals surface area (Å²) in [6, 6.07) is 12.0. The average Bonchev–Trinajstić information content (AvgIpc) is 2.69. The molecule has 0 saturated heterocycles. The third kappa shape index (κ3) is 3.77. The molecule has 27 heavy (non-hydrogen) atoms. The van der Waals surface area contributed by atoms with Gasteiger partial charge in [0.25, 0.3) is 11.5 Å². The number of amides is 1. The van der Waals surface area contributed by atoms with Gasteiger partial charge in [-0.15, -0.1) is 0 Å². The van der Waals surface area contributed by atoms with E-state index >= 15 is 0 Å². The van der Waals surface area contributed by atoms with Crippen molar-refractivity contribution in [2.75, 3.05) is 7.05 Å². The van der Waals surface area contributed by atoms with E-state index in [0.717, 1.165) is 24.8 Å². The average molecular weight is 369 g/mol. The van der Waals surface area contributed by atoms with Gasteiger partial charge in [0.2, 0.25) is 0 Å². The van der Waals surface area contributed by atoms with E-state index in [2.05, 4.69) is 5.10 Å². The van der Waals surface area contributed by atoms with Gasteiger partial charge in [0.1, 0.15) is 11.2 Å². The van der Waals surface area contributed by atoms with Gasteiger partial charge in [0, 0.05) is 13.1 Å². The molecule has 1 aromatic heterocycles. The van der Waals surface area contributed by atoms with E-state index in [0.29, 0.717) is 12.8 Å². The number of carbonyl (C=O) groups is 2. The molecule has 142 valence electrons. The molecule has 0 atom stereocenters. The van der Waals surface area contributed by atoms with Crippen molar-refractivity contribution < 1.29 is 14.7 Å². The quantitative estimate of drug-likeness (QED) is 0.872. The van der Waals surface area contributed by atoms with Crippen molar-refractivity contribution in [2.24, 2.45) is 0 Å². The molecular formula is C20H23N3O4. The number of nitrogens with zero attached hydrogens (tertiary/aromatic N) is 3. The highest BCUT2D eigenvalue weighted by atomic mass is 16.4. The fourth-order valence-corrected chi connectivity index (χ4v) is 3.63. The molecule has 0 bridgehead atoms. The van der Waals surface area contributed by atoms with Gasteiger partial charge in [-0.25, -0.2) is 9.48 Å². The van der Waals surface area contributed by atoms with Crippen LogP contribution in [-0.4, -0.2) is 44.3 Å². The van der Waals surface area contributed by atoms with Crippen LogP contribution in [0.1, 0.15) is 48.2 Å². The smallest absolute Gasteiger partial charge is 0.329 e. The highest BCUT2D eigenvalue weighted by Gasteiger charge is 2.45. The van der Waals surface area contributed by atoms with Gasteiger partial charge in [-0.2, -0.15) is 5.10 Å². The fourth-order valence-electron chi connectivity index (χ4n) is 3.63. The van der Waals surface area contributed by atoms with E-state index in [9.17, 15) is 19.5 Å². The second-order valence-electron chi connectivity index (χ2n) is 6.96. The molecule has 1 fully saturated rings. The van der Waals surface area contributed by atoms with E-state index in [4.69, 9.17) is 0 Å². The summed E-state index contributed by atoms with van der Waals surface area (Å²) >= 11 is 0. The van der Waals surface area contributed by atoms with Crippen molar-refractivity contribution >= 4 is 11.9 Å². The maximum absolute atomic E-state index is 13.0. The second kappa shape index (κ2) is 7.73. The van der Waals surface area contributed by atoms with Gasteiger partial charge in [-0.3, -0.25) is 9.59 Å². The SMILES string of the molecule is CN(C(=O)c1ccc(=O)n(Cc2ccccc2)n1)C1(C(=O)O)CCCCC1. The molecule has 1 aliphatic rings. The zero-order chi connectivity index (χ0) is 19.4. The van der Waals surface area contributed by atoms with Crippen molar-refractivity contribution in [1.82, 2.24) is 14.7 Å². The first-order valence-corrected chi connectivity index (χ1v) is 9.08. The Morgan fingerprint density at radius 1 is 1.11 bits per heavy atom. The third-order valence-electron chi connectivity index (χ3n) is 5.29. The number of hydrogen-bond acceptors (Lipinski definition) is 4. The Balaban J connectivity index is 1.89. The maximum atomic E-state index is 13.0. The summed E-state index contributed by atoms with van der Waals surface area (Å²) in [5.74, 6) is -1.48. The van der Waals surface area contributed by atoms with Gasteiger partial charge in [0.15, 0.2) is 0 Å². The molecule has 1 aromatic carbocycles. The molecule has 2 aromatic rings. The highest BCUT2D eigenvalue weighted by molar-refractivity contribution is 5.96. The van der Waals surface area contributed by atoms with E-state index in [1.807, 2.05) is 30.3 Å². The lowest BCUT2D eigenvalue weighted by atomic mass is 9.80. The van der Waals surface area contributed by atoms with E-state index in [1.54, 1.807) is 0 Å². The van der Waals surface area contributed by atoms with Gasteiger partial charge >= 0.3 is 5.97 Å². The van der Waals surface area contributed by atoms with Crippen molar-refractivity contribution in [3.05, 3.63) is 64.1 Å². The number of rotatable bonds is 5. The number of benzene rings is 1. The number of carboxylic acids is 1. The van der Waals surface area contributed by atoms with E-state index in [1.165, 1.54) is 28.8 Å². The molecular weight excluding hydrogens is 346 g/mol. The van der Waals surface area contributed by atoms with Gasteiger partial charge in [-0.1, -0.05) is 49.6 Å². The van der Waals surface area contributed by atoms with Crippen molar-refractivity contribution in [2.45, 2.75) is 44.2 Å². The monoisotopic (exact) mass is 369 g/mol. The van der Waals surface area contributed by atoms with Crippen LogP contribution >= 0.6 is 0 Å². The third-order valence-corrected chi connectivity index (χ3v) is 5.29. The Hall–Kier alpha value is -2.96. The minimum atomic E-state index is -1.21. The van der Waals surface area contributed by atoms with Crippen LogP contribution in [0.4, 0.5) is 0 Å². The Morgan fingerprint density at radius 3 is 2.41 bits per heavy atom. The number of hydrogen-bond donors (Lipinski definition) is 1. The van der Waals surface area contributed by atoms with Crippen molar-refractivity contribution in [3.8, 4) is 0 Å². The van der Waals surface area contributed by atoms with Crippen LogP contribution in [0.3, 0.4) is 0 Å². The molecule has 1 heterocycles. The Kier molecular flexibility index (Phi) is 5.39. The first kappa shape index (κ1) is 18.8. The predicted octanol–water partition coefficient (Wildman–Crippen LogP) is 2.15. The molecule has 7 nitrogen and oxygen atoms in total. The predicted molar refractivity (Wildman–Crippen MR) is 99.6 cm³/mol. The standard InChI is InChI=1S/C20H23N3O4/c1-22(20(19(26)27)12-6-3-7-13-20)18(25)16-10-11-17(24)23(21-16)14-15-8-4-2-5-9-15/h2,4-5,8-11H,3,6-7,12-14H2,1H3,(H,26,27). The molecule has 0 aliphatic heterocycles. The number of aromatic nitrogens is 2. The van der Waals surface area contributed by atoms with E-state index in [-0.39, 0.29) is 17.8 Å². The zero-order valence-electron chi connectivity index (χ0n) is 15.3. The summed E-state index contributed by atoms with van der Waals surface area (Å²) in [5, 5.41) is 14.0. The topological polar surface area (TPSA) is 92.5 Å². The summed E-state index contributed by atoms with van der Waals surface area (Å²) in [6.45, 7) is 0.245. The molecule has 0 spiro atoms. The molecule has 7 heteroatoms. The number of carboxylic acid groups (broad SMARTS) is 1. The molecule has 1 amide bonds. The summed E-state index contributed by atoms with van der Waals surface area (Å²) in [7, 11) is 1.51. The summed E-state index contributed by atoms with van der Waals surface area (Å²) in [5.41, 5.74) is -0.570. The fraction of sp³-hybridized carbons (Fsp3) is 0.400. The molecule has 0 radical (unpaired) electrons. The van der Waals surface area contributed by atoms with Crippen LogP contribution < -0.4 is 5.56 Å². The lowest BCUT2D eigenvalue weighted by Gasteiger charge is -2.40. The van der Waals surface area contributed by atoms with Crippen molar-refractivity contribution in [1.29, 1.82) is 0 Å². The first-order valence-electron chi connectivity index (χ1n) is 9.08. The summed E-state index contributed by atoms with van der Waals surface area (Å²) in [6.07, 6.45) is 3.36. The van der Waals surface area contributed by atoms with Gasteiger partial charge < -0.3 is 10.0 Å². The van der Waals surface area contributed by atoms with Crippen LogP contribution in [0.2, 0.25) is 0 Å². The number of carbonyl (C=O) groups excluding carboxylic acids is 1. The van der Waals surface area contributed by atoms with Crippen LogP contribution in [-0.2, 0) is 11.3 Å². The highest BCUT2D eigenvalue weighted by Crippen LogP contribution is 2.34. The van der Waals surface area contributed by atoms with Crippen LogP contribution in [0.15, 0.2) is 47.3 Å². The van der Waals surface area contributed by atoms with Crippen LogP contribution in [0.5, 0.6) is 0 Å². The van der Waals surface area contributed by atoms with Gasteiger partial charge in [-0.05, 0) is 24.5 Å². The first-order chi connectivity index (χ1) is 12.9. The maximum Gasteiger partial charge on any atom is 0.329 e. The lowest BCUT2D eigenvalue weighted by Crippen LogP contribution is -2.56. The second-order valence-corrected chi connectivity index (χ2v) is 6.96. The Labute approximate surface area is 157 Å². The molecule has 1 N–H and O–H groups in total. The Morgan fingerprint density at radius 2 is 1.78 bits per heavy atom. The lowest BCUT2D eigenvalue weighted by molar-refractivity contribution is -0.151. The summed E-state index contributed by atoms with van der Waals surface area (Å²) in [4.78, 5) is 38.3. The summed E-state index contributed by atoms with van der Waals surface area (Å²) < 4.78 is 1.23.